The zero-order valence-corrected chi connectivity index (χ0v) is 13.8. The molecule has 0 saturated heterocycles. The number of aryl methyl sites for hydroxylation is 2. The number of hydrogen-bond acceptors (Lipinski definition) is 5. The van der Waals surface area contributed by atoms with E-state index in [0.29, 0.717) is 10.6 Å². The summed E-state index contributed by atoms with van der Waals surface area (Å²) < 4.78 is 0. The van der Waals surface area contributed by atoms with E-state index >= 15 is 0 Å². The van der Waals surface area contributed by atoms with Gasteiger partial charge in [-0.2, -0.15) is 10.5 Å². The van der Waals surface area contributed by atoms with Crippen LogP contribution in [0.25, 0.3) is 0 Å². The normalized spacial score (nSPS) is 16.2. The van der Waals surface area contributed by atoms with E-state index in [1.165, 1.54) is 11.8 Å². The first-order valence-electron chi connectivity index (χ1n) is 7.13. The van der Waals surface area contributed by atoms with Crippen molar-refractivity contribution in [1.82, 2.24) is 10.3 Å². The van der Waals surface area contributed by atoms with Gasteiger partial charge in [0.1, 0.15) is 16.6 Å². The van der Waals surface area contributed by atoms with Gasteiger partial charge in [0.15, 0.2) is 0 Å². The number of nitrogens with zero attached hydrogens (tertiary/aromatic N) is 3. The quantitative estimate of drug-likeness (QED) is 0.843. The molecular formula is C16H18N4OS. The summed E-state index contributed by atoms with van der Waals surface area (Å²) in [6.07, 6.45) is 1.96. The molecule has 22 heavy (non-hydrogen) atoms. The van der Waals surface area contributed by atoms with Gasteiger partial charge in [0.2, 0.25) is 5.91 Å². The summed E-state index contributed by atoms with van der Waals surface area (Å²) in [6.45, 7) is 5.48. The first-order valence-corrected chi connectivity index (χ1v) is 8.11. The Morgan fingerprint density at radius 3 is 2.73 bits per heavy atom. The minimum absolute atomic E-state index is 0.147. The van der Waals surface area contributed by atoms with Crippen LogP contribution in [0.3, 0.4) is 0 Å². The summed E-state index contributed by atoms with van der Waals surface area (Å²) in [5.74, 6) is 0.195. The molecule has 2 rings (SSSR count). The van der Waals surface area contributed by atoms with Crippen molar-refractivity contribution in [1.29, 1.82) is 10.5 Å². The van der Waals surface area contributed by atoms with Gasteiger partial charge in [-0.05, 0) is 51.2 Å². The summed E-state index contributed by atoms with van der Waals surface area (Å²) in [5, 5.41) is 21.9. The van der Waals surface area contributed by atoms with E-state index in [4.69, 9.17) is 0 Å². The van der Waals surface area contributed by atoms with Gasteiger partial charge < -0.3 is 5.32 Å². The number of aromatic nitrogens is 1. The molecule has 1 amide bonds. The van der Waals surface area contributed by atoms with Crippen molar-refractivity contribution in [3.8, 4) is 12.1 Å². The molecule has 1 aliphatic carbocycles. The smallest absolute Gasteiger partial charge is 0.231 e. The largest absolute Gasteiger partial charge is 0.337 e. The summed E-state index contributed by atoms with van der Waals surface area (Å²) in [6, 6.07) is 6.19. The number of carbonyl (C=O) groups is 1. The molecular weight excluding hydrogens is 296 g/mol. The highest BCUT2D eigenvalue weighted by Gasteiger charge is 2.42. The monoisotopic (exact) mass is 314 g/mol. The highest BCUT2D eigenvalue weighted by Crippen LogP contribution is 2.39. The molecule has 0 radical (unpaired) electrons. The Labute approximate surface area is 134 Å². The van der Waals surface area contributed by atoms with Crippen molar-refractivity contribution in [3.05, 3.63) is 22.9 Å². The molecule has 1 heterocycles. The number of pyridine rings is 1. The van der Waals surface area contributed by atoms with E-state index in [1.807, 2.05) is 19.9 Å². The van der Waals surface area contributed by atoms with Crippen LogP contribution in [0.5, 0.6) is 0 Å². The molecule has 114 valence electrons. The average molecular weight is 314 g/mol. The topological polar surface area (TPSA) is 89.6 Å². The lowest BCUT2D eigenvalue weighted by atomic mass is 9.98. The molecule has 0 aliphatic heterocycles. The minimum atomic E-state index is -0.786. The van der Waals surface area contributed by atoms with Crippen LogP contribution in [-0.4, -0.2) is 22.2 Å². The number of carbonyl (C=O) groups excluding carboxylic acids is 1. The Bertz CT molecular complexity index is 685. The number of amides is 1. The predicted octanol–water partition coefficient (Wildman–Crippen LogP) is 2.47. The fourth-order valence-electron chi connectivity index (χ4n) is 2.38. The zero-order valence-electron chi connectivity index (χ0n) is 12.9. The number of hydrogen-bond donors (Lipinski definition) is 1. The number of rotatable bonds is 5. The summed E-state index contributed by atoms with van der Waals surface area (Å²) >= 11 is 1.24. The van der Waals surface area contributed by atoms with Gasteiger partial charge in [0, 0.05) is 5.69 Å². The molecule has 1 atom stereocenters. The fraction of sp³-hybridized carbons (Fsp3) is 0.500. The van der Waals surface area contributed by atoms with E-state index in [9.17, 15) is 15.3 Å². The molecule has 0 unspecified atom stereocenters. The molecule has 5 nitrogen and oxygen atoms in total. The highest BCUT2D eigenvalue weighted by molar-refractivity contribution is 8.00. The van der Waals surface area contributed by atoms with Crippen LogP contribution in [0.1, 0.15) is 36.6 Å². The number of nitriles is 2. The van der Waals surface area contributed by atoms with Gasteiger partial charge in [0.05, 0.1) is 17.4 Å². The second-order valence-corrected chi connectivity index (χ2v) is 6.76. The third kappa shape index (κ3) is 3.58. The highest BCUT2D eigenvalue weighted by atomic mass is 32.2. The first-order chi connectivity index (χ1) is 10.4. The van der Waals surface area contributed by atoms with Gasteiger partial charge in [-0.1, -0.05) is 11.8 Å². The zero-order chi connectivity index (χ0) is 16.3. The second-order valence-electron chi connectivity index (χ2n) is 5.80. The molecule has 1 fully saturated rings. The van der Waals surface area contributed by atoms with Gasteiger partial charge in [-0.25, -0.2) is 4.98 Å². The SMILES string of the molecule is Cc1cc(C)c(C#N)c(SCC(=O)N[C@](C)(C#N)C2CC2)n1. The molecule has 1 aromatic heterocycles. The van der Waals surface area contributed by atoms with Crippen molar-refractivity contribution in [2.45, 2.75) is 44.2 Å². The molecule has 0 aromatic carbocycles. The van der Waals surface area contributed by atoms with Crippen LogP contribution < -0.4 is 5.32 Å². The molecule has 1 N–H and O–H groups in total. The van der Waals surface area contributed by atoms with E-state index in [-0.39, 0.29) is 17.6 Å². The molecule has 0 spiro atoms. The Kier molecular flexibility index (Phi) is 4.73. The van der Waals surface area contributed by atoms with Gasteiger partial charge in [-0.3, -0.25) is 4.79 Å². The van der Waals surface area contributed by atoms with Crippen LogP contribution in [0.4, 0.5) is 0 Å². The fourth-order valence-corrected chi connectivity index (χ4v) is 3.28. The molecule has 6 heteroatoms. The van der Waals surface area contributed by atoms with Crippen LogP contribution in [-0.2, 0) is 4.79 Å². The predicted molar refractivity (Wildman–Crippen MR) is 84.0 cm³/mol. The molecule has 1 aliphatic rings. The third-order valence-electron chi connectivity index (χ3n) is 3.79. The van der Waals surface area contributed by atoms with E-state index in [1.54, 1.807) is 6.92 Å². The lowest BCUT2D eigenvalue weighted by molar-refractivity contribution is -0.119. The summed E-state index contributed by atoms with van der Waals surface area (Å²) in [7, 11) is 0. The van der Waals surface area contributed by atoms with E-state index in [0.717, 1.165) is 24.1 Å². The van der Waals surface area contributed by atoms with Crippen molar-refractivity contribution in [2.75, 3.05) is 5.75 Å². The number of nitrogens with one attached hydrogen (secondary N) is 1. The Morgan fingerprint density at radius 2 is 2.18 bits per heavy atom. The van der Waals surface area contributed by atoms with Crippen LogP contribution in [0.15, 0.2) is 11.1 Å². The van der Waals surface area contributed by atoms with Crippen LogP contribution >= 0.6 is 11.8 Å². The average Bonchev–Trinajstić information content (AvgIpc) is 3.29. The van der Waals surface area contributed by atoms with Gasteiger partial charge >= 0.3 is 0 Å². The lowest BCUT2D eigenvalue weighted by Gasteiger charge is -2.22. The van der Waals surface area contributed by atoms with Crippen molar-refractivity contribution in [2.24, 2.45) is 5.92 Å². The first kappa shape index (κ1) is 16.3. The van der Waals surface area contributed by atoms with Crippen LogP contribution in [0, 0.1) is 42.4 Å². The molecule has 1 saturated carbocycles. The minimum Gasteiger partial charge on any atom is -0.337 e. The number of thioether (sulfide) groups is 1. The third-order valence-corrected chi connectivity index (χ3v) is 4.76. The maximum Gasteiger partial charge on any atom is 0.231 e. The molecule has 1 aromatic rings. The van der Waals surface area contributed by atoms with Crippen LogP contribution in [0.2, 0.25) is 0 Å². The van der Waals surface area contributed by atoms with Crippen molar-refractivity contribution < 1.29 is 4.79 Å². The second kappa shape index (κ2) is 6.37. The Morgan fingerprint density at radius 1 is 1.50 bits per heavy atom. The molecule has 0 bridgehead atoms. The van der Waals surface area contributed by atoms with Gasteiger partial charge in [0.25, 0.3) is 0 Å². The van der Waals surface area contributed by atoms with Crippen molar-refractivity contribution >= 4 is 17.7 Å². The lowest BCUT2D eigenvalue weighted by Crippen LogP contribution is -2.47. The Hall–Kier alpha value is -2.05. The Balaban J connectivity index is 2.03. The standard InChI is InChI=1S/C16H18N4OS/c1-10-6-11(2)19-15(13(10)7-17)22-8-14(21)20-16(3,9-18)12-4-5-12/h6,12H,4-5,8H2,1-3H3,(H,20,21)/t16-/m1/s1. The van der Waals surface area contributed by atoms with Crippen molar-refractivity contribution in [3.63, 3.8) is 0 Å². The maximum atomic E-state index is 12.1. The maximum absolute atomic E-state index is 12.1. The van der Waals surface area contributed by atoms with Gasteiger partial charge in [-0.15, -0.1) is 0 Å². The summed E-state index contributed by atoms with van der Waals surface area (Å²) in [5.41, 5.74) is 1.40. The summed E-state index contributed by atoms with van der Waals surface area (Å²) in [4.78, 5) is 16.4. The van der Waals surface area contributed by atoms with E-state index < -0.39 is 5.54 Å². The van der Waals surface area contributed by atoms with E-state index in [2.05, 4.69) is 22.4 Å².